The Hall–Kier alpha value is -1.36. The molecule has 5 nitrogen and oxygen atoms in total. The summed E-state index contributed by atoms with van der Waals surface area (Å²) in [5.41, 5.74) is 4.53. The Morgan fingerprint density at radius 1 is 1.73 bits per heavy atom. The van der Waals surface area contributed by atoms with E-state index in [9.17, 15) is 9.59 Å². The van der Waals surface area contributed by atoms with E-state index in [-0.39, 0.29) is 0 Å². The second-order valence-electron chi connectivity index (χ2n) is 1.34. The fraction of sp³-hybridized carbons (Fsp3) is 0.333. The molecule has 11 heavy (non-hydrogen) atoms. The maximum absolute atomic E-state index is 9.71. The van der Waals surface area contributed by atoms with Crippen LogP contribution in [0.2, 0.25) is 0 Å². The number of nitrogens with two attached hydrogens (primary N) is 1. The lowest BCUT2D eigenvalue weighted by atomic mass is 10.6. The van der Waals surface area contributed by atoms with Crippen molar-refractivity contribution in [2.45, 2.75) is 0 Å². The maximum Gasteiger partial charge on any atom is 0.331 e. The molecule has 64 valence electrons. The minimum absolute atomic E-state index is 0.481. The zero-order valence-corrected chi connectivity index (χ0v) is 6.24. The number of hydrogen-bond donors (Lipinski definition) is 2. The fourth-order valence-corrected chi connectivity index (χ4v) is 0.0645. The molecule has 5 heteroatoms. The average molecular weight is 161 g/mol. The van der Waals surface area contributed by atoms with Crippen LogP contribution in [-0.4, -0.2) is 30.7 Å². The molecule has 0 saturated heterocycles. The molecule has 0 rings (SSSR count). The van der Waals surface area contributed by atoms with Crippen molar-refractivity contribution in [1.29, 1.82) is 0 Å². The first-order chi connectivity index (χ1) is 5.08. The largest absolute Gasteiger partial charge is 0.467 e. The third-order valence-corrected chi connectivity index (χ3v) is 0.558. The van der Waals surface area contributed by atoms with Crippen LogP contribution in [0, 0.1) is 0 Å². The molecule has 0 spiro atoms. The SMILES string of the molecule is C=CC(N)=O.COC(=O)CO. The minimum atomic E-state index is -0.602. The second-order valence-corrected chi connectivity index (χ2v) is 1.34. The van der Waals surface area contributed by atoms with Gasteiger partial charge in [0.05, 0.1) is 7.11 Å². The van der Waals surface area contributed by atoms with Crippen molar-refractivity contribution in [3.05, 3.63) is 12.7 Å². The highest BCUT2D eigenvalue weighted by atomic mass is 16.5. The van der Waals surface area contributed by atoms with Crippen LogP contribution >= 0.6 is 0 Å². The molecule has 0 fully saturated rings. The predicted molar refractivity (Wildman–Crippen MR) is 38.5 cm³/mol. The van der Waals surface area contributed by atoms with Gasteiger partial charge in [-0.3, -0.25) is 4.79 Å². The van der Waals surface area contributed by atoms with Crippen molar-refractivity contribution in [1.82, 2.24) is 0 Å². The number of ether oxygens (including phenoxy) is 1. The summed E-state index contributed by atoms with van der Waals surface area (Å²) in [6.45, 7) is 2.55. The van der Waals surface area contributed by atoms with Gasteiger partial charge in [-0.15, -0.1) is 0 Å². The minimum Gasteiger partial charge on any atom is -0.467 e. The van der Waals surface area contributed by atoms with Crippen LogP contribution in [0.1, 0.15) is 0 Å². The van der Waals surface area contributed by atoms with E-state index in [1.165, 1.54) is 7.11 Å². The lowest BCUT2D eigenvalue weighted by molar-refractivity contribution is -0.143. The molecular weight excluding hydrogens is 150 g/mol. The Bertz CT molecular complexity index is 138. The normalized spacial score (nSPS) is 7.09. The van der Waals surface area contributed by atoms with Crippen molar-refractivity contribution in [2.24, 2.45) is 5.73 Å². The summed E-state index contributed by atoms with van der Waals surface area (Å²) in [6, 6.07) is 0. The van der Waals surface area contributed by atoms with E-state index in [0.29, 0.717) is 0 Å². The summed E-state index contributed by atoms with van der Waals surface area (Å²) in [6.07, 6.45) is 1.06. The van der Waals surface area contributed by atoms with Gasteiger partial charge in [0.25, 0.3) is 0 Å². The molecule has 0 aromatic carbocycles. The molecule has 0 aliphatic carbocycles. The Labute approximate surface area is 64.5 Å². The first-order valence-electron chi connectivity index (χ1n) is 2.68. The van der Waals surface area contributed by atoms with E-state index in [0.717, 1.165) is 6.08 Å². The van der Waals surface area contributed by atoms with E-state index in [4.69, 9.17) is 5.11 Å². The lowest BCUT2D eigenvalue weighted by Crippen LogP contribution is -2.04. The van der Waals surface area contributed by atoms with E-state index < -0.39 is 18.5 Å². The smallest absolute Gasteiger partial charge is 0.331 e. The quantitative estimate of drug-likeness (QED) is 0.393. The molecule has 3 N–H and O–H groups in total. The molecule has 0 heterocycles. The van der Waals surface area contributed by atoms with Crippen LogP contribution in [0.25, 0.3) is 0 Å². The Morgan fingerprint density at radius 3 is 2.09 bits per heavy atom. The fourth-order valence-electron chi connectivity index (χ4n) is 0.0645. The van der Waals surface area contributed by atoms with Gasteiger partial charge in [-0.2, -0.15) is 0 Å². The van der Waals surface area contributed by atoms with E-state index in [2.05, 4.69) is 17.0 Å². The van der Waals surface area contributed by atoms with Gasteiger partial charge >= 0.3 is 5.97 Å². The van der Waals surface area contributed by atoms with Gasteiger partial charge < -0.3 is 15.6 Å². The van der Waals surface area contributed by atoms with Crippen molar-refractivity contribution < 1.29 is 19.4 Å². The highest BCUT2D eigenvalue weighted by molar-refractivity contribution is 5.84. The molecular formula is C6H11NO4. The number of methoxy groups -OCH3 is 1. The highest BCUT2D eigenvalue weighted by Gasteiger charge is 1.89. The van der Waals surface area contributed by atoms with Crippen LogP contribution in [0.3, 0.4) is 0 Å². The van der Waals surface area contributed by atoms with Gasteiger partial charge in [0.1, 0.15) is 6.61 Å². The predicted octanol–water partition coefficient (Wildman–Crippen LogP) is -1.19. The molecule has 1 amide bonds. The number of hydrogen-bond acceptors (Lipinski definition) is 4. The zero-order valence-electron chi connectivity index (χ0n) is 6.24. The maximum atomic E-state index is 9.71. The molecule has 0 aliphatic heterocycles. The number of carbonyl (C=O) groups excluding carboxylic acids is 2. The first kappa shape index (κ1) is 12.3. The average Bonchev–Trinajstić information content (AvgIpc) is 2.04. The highest BCUT2D eigenvalue weighted by Crippen LogP contribution is 1.63. The number of rotatable bonds is 2. The van der Waals surface area contributed by atoms with Crippen molar-refractivity contribution in [3.8, 4) is 0 Å². The van der Waals surface area contributed by atoms with Gasteiger partial charge in [-0.25, -0.2) is 4.79 Å². The van der Waals surface area contributed by atoms with Crippen LogP contribution in [0.4, 0.5) is 0 Å². The van der Waals surface area contributed by atoms with Gasteiger partial charge in [-0.1, -0.05) is 6.58 Å². The molecule has 0 aromatic rings. The molecule has 0 radical (unpaired) electrons. The molecule has 0 unspecified atom stereocenters. The molecule has 0 atom stereocenters. The summed E-state index contributed by atoms with van der Waals surface area (Å²) in [5.74, 6) is -1.08. The number of aliphatic hydroxyl groups is 1. The zero-order chi connectivity index (χ0) is 9.28. The summed E-state index contributed by atoms with van der Waals surface area (Å²) >= 11 is 0. The lowest BCUT2D eigenvalue weighted by Gasteiger charge is -1.86. The Balaban J connectivity index is 0. The standard InChI is InChI=1S/C3H5NO.C3H6O3/c1-2-3(4)5;1-6-3(5)2-4/h2H,1H2,(H2,4,5);4H,2H2,1H3. The van der Waals surface area contributed by atoms with E-state index in [1.54, 1.807) is 0 Å². The summed E-state index contributed by atoms with van der Waals surface area (Å²) < 4.78 is 4.01. The van der Waals surface area contributed by atoms with Crippen LogP contribution < -0.4 is 5.73 Å². The first-order valence-corrected chi connectivity index (χ1v) is 2.68. The third-order valence-electron chi connectivity index (χ3n) is 0.558. The van der Waals surface area contributed by atoms with E-state index in [1.807, 2.05) is 0 Å². The monoisotopic (exact) mass is 161 g/mol. The number of carbonyl (C=O) groups is 2. The number of amides is 1. The summed E-state index contributed by atoms with van der Waals surface area (Å²) in [5, 5.41) is 7.86. The van der Waals surface area contributed by atoms with Gasteiger partial charge in [-0.05, 0) is 6.08 Å². The van der Waals surface area contributed by atoms with Crippen molar-refractivity contribution in [2.75, 3.05) is 13.7 Å². The Morgan fingerprint density at radius 2 is 2.09 bits per heavy atom. The Kier molecular flexibility index (Phi) is 9.68. The second kappa shape index (κ2) is 8.64. The van der Waals surface area contributed by atoms with Crippen molar-refractivity contribution in [3.63, 3.8) is 0 Å². The molecule has 0 bridgehead atoms. The van der Waals surface area contributed by atoms with Gasteiger partial charge in [0.15, 0.2) is 0 Å². The molecule has 0 aliphatic rings. The van der Waals surface area contributed by atoms with Crippen molar-refractivity contribution >= 4 is 11.9 Å². The summed E-state index contributed by atoms with van der Waals surface area (Å²) in [4.78, 5) is 19.2. The number of esters is 1. The molecule has 0 aromatic heterocycles. The number of aliphatic hydroxyl groups excluding tert-OH is 1. The van der Waals surface area contributed by atoms with Gasteiger partial charge in [0, 0.05) is 0 Å². The van der Waals surface area contributed by atoms with Crippen LogP contribution in [-0.2, 0) is 14.3 Å². The van der Waals surface area contributed by atoms with E-state index >= 15 is 0 Å². The van der Waals surface area contributed by atoms with Crippen LogP contribution in [0.15, 0.2) is 12.7 Å². The number of primary amides is 1. The van der Waals surface area contributed by atoms with Crippen LogP contribution in [0.5, 0.6) is 0 Å². The van der Waals surface area contributed by atoms with Gasteiger partial charge in [0.2, 0.25) is 5.91 Å². The third kappa shape index (κ3) is 17.7. The summed E-state index contributed by atoms with van der Waals surface area (Å²) in [7, 11) is 1.22. The topological polar surface area (TPSA) is 89.6 Å². The molecule has 0 saturated carbocycles.